The smallest absolute Gasteiger partial charge is 0.241 e. The molecule has 21 heavy (non-hydrogen) atoms. The number of nitrogens with zero attached hydrogens (tertiary/aromatic N) is 2. The number of anilines is 1. The molecule has 1 saturated carbocycles. The Morgan fingerprint density at radius 1 is 1.43 bits per heavy atom. The second kappa shape index (κ2) is 6.77. The van der Waals surface area contributed by atoms with E-state index in [1.807, 2.05) is 30.1 Å². The molecule has 1 unspecified atom stereocenters. The monoisotopic (exact) mass is 309 g/mol. The molecule has 2 N–H and O–H groups in total. The summed E-state index contributed by atoms with van der Waals surface area (Å²) in [5.41, 5.74) is 8.22. The first-order valence-electron chi connectivity index (χ1n) is 7.49. The van der Waals surface area contributed by atoms with Crippen LogP contribution in [0.1, 0.15) is 18.4 Å². The summed E-state index contributed by atoms with van der Waals surface area (Å²) < 4.78 is 0. The van der Waals surface area contributed by atoms with Crippen molar-refractivity contribution in [3.05, 3.63) is 29.8 Å². The van der Waals surface area contributed by atoms with Crippen LogP contribution in [0.4, 0.5) is 5.69 Å². The topological polar surface area (TPSA) is 49.6 Å². The largest absolute Gasteiger partial charge is 0.329 e. The van der Waals surface area contributed by atoms with Crippen molar-refractivity contribution < 1.29 is 4.79 Å². The summed E-state index contributed by atoms with van der Waals surface area (Å²) in [7, 11) is 2.02. The molecule has 0 spiro atoms. The Morgan fingerprint density at radius 2 is 2.14 bits per heavy atom. The number of benzene rings is 1. The van der Waals surface area contributed by atoms with Crippen LogP contribution < -0.4 is 10.6 Å². The summed E-state index contributed by atoms with van der Waals surface area (Å²) in [5.74, 6) is 0.889. The normalized spacial score (nSPS) is 18.3. The molecule has 1 fully saturated rings. The number of rotatable bonds is 5. The van der Waals surface area contributed by atoms with Gasteiger partial charge in [0.1, 0.15) is 0 Å². The van der Waals surface area contributed by atoms with Gasteiger partial charge in [-0.2, -0.15) is 0 Å². The van der Waals surface area contributed by atoms with Crippen LogP contribution in [0.2, 0.25) is 0 Å². The molecule has 1 aromatic rings. The van der Waals surface area contributed by atoms with Crippen molar-refractivity contribution in [3.63, 3.8) is 0 Å². The van der Waals surface area contributed by atoms with Gasteiger partial charge in [-0.3, -0.25) is 9.69 Å². The molecule has 1 atom stereocenters. The highest BCUT2D eigenvalue weighted by molar-refractivity contribution is 5.96. The van der Waals surface area contributed by atoms with Crippen LogP contribution in [-0.4, -0.2) is 43.5 Å². The van der Waals surface area contributed by atoms with E-state index in [0.717, 1.165) is 18.7 Å². The van der Waals surface area contributed by atoms with E-state index >= 15 is 0 Å². The van der Waals surface area contributed by atoms with Crippen molar-refractivity contribution in [2.45, 2.75) is 25.3 Å². The first-order chi connectivity index (χ1) is 9.70. The number of fused-ring (bicyclic) bond motifs is 1. The minimum Gasteiger partial charge on any atom is -0.329 e. The highest BCUT2D eigenvalue weighted by atomic mass is 35.5. The second-order valence-corrected chi connectivity index (χ2v) is 5.98. The summed E-state index contributed by atoms with van der Waals surface area (Å²) in [6.45, 7) is 1.92. The molecule has 1 aliphatic carbocycles. The van der Waals surface area contributed by atoms with Gasteiger partial charge >= 0.3 is 0 Å². The third-order valence-corrected chi connectivity index (χ3v) is 4.55. The van der Waals surface area contributed by atoms with Crippen molar-refractivity contribution in [2.75, 3.05) is 31.6 Å². The van der Waals surface area contributed by atoms with Gasteiger partial charge in [-0.15, -0.1) is 12.4 Å². The molecule has 0 bridgehead atoms. The lowest BCUT2D eigenvalue weighted by atomic mass is 10.1. The van der Waals surface area contributed by atoms with Gasteiger partial charge < -0.3 is 10.6 Å². The molecule has 1 amide bonds. The Hall–Kier alpha value is -1.10. The molecule has 1 aromatic carbocycles. The summed E-state index contributed by atoms with van der Waals surface area (Å²) in [6.07, 6.45) is 3.48. The maximum atomic E-state index is 12.5. The van der Waals surface area contributed by atoms with Crippen LogP contribution >= 0.6 is 12.4 Å². The Balaban J connectivity index is 0.00000161. The van der Waals surface area contributed by atoms with Gasteiger partial charge in [-0.25, -0.2) is 0 Å². The second-order valence-electron chi connectivity index (χ2n) is 5.98. The van der Waals surface area contributed by atoms with E-state index in [1.54, 1.807) is 0 Å². The number of nitrogens with two attached hydrogens (primary N) is 1. The number of carbonyl (C=O) groups is 1. The highest BCUT2D eigenvalue weighted by Crippen LogP contribution is 2.34. The number of carbonyl (C=O) groups excluding carboxylic acids is 1. The fraction of sp³-hybridized carbons (Fsp3) is 0.562. The molecular weight excluding hydrogens is 286 g/mol. The predicted octanol–water partition coefficient (Wildman–Crippen LogP) is 1.67. The molecule has 2 aliphatic rings. The van der Waals surface area contributed by atoms with E-state index in [1.165, 1.54) is 18.4 Å². The van der Waals surface area contributed by atoms with Crippen LogP contribution in [0.5, 0.6) is 0 Å². The van der Waals surface area contributed by atoms with E-state index in [0.29, 0.717) is 25.0 Å². The standard InChI is InChI=1S/C16H23N3O.ClH/c1-18(15(10-17)13-6-7-13)11-16(20)19-9-8-12-4-2-3-5-14(12)19;/h2-5,13,15H,6-11,17H2,1H3;1H. The maximum Gasteiger partial charge on any atom is 0.241 e. The van der Waals surface area contributed by atoms with E-state index in [9.17, 15) is 4.79 Å². The zero-order chi connectivity index (χ0) is 14.1. The van der Waals surface area contributed by atoms with Crippen LogP contribution in [0.25, 0.3) is 0 Å². The van der Waals surface area contributed by atoms with Gasteiger partial charge in [0.05, 0.1) is 6.54 Å². The van der Waals surface area contributed by atoms with Gasteiger partial charge in [0, 0.05) is 24.8 Å². The summed E-state index contributed by atoms with van der Waals surface area (Å²) in [4.78, 5) is 16.6. The van der Waals surface area contributed by atoms with Crippen molar-refractivity contribution in [1.29, 1.82) is 0 Å². The molecule has 5 heteroatoms. The molecule has 116 valence electrons. The van der Waals surface area contributed by atoms with Crippen molar-refractivity contribution >= 4 is 24.0 Å². The van der Waals surface area contributed by atoms with Crippen molar-refractivity contribution in [2.24, 2.45) is 11.7 Å². The quantitative estimate of drug-likeness (QED) is 0.900. The fourth-order valence-electron chi connectivity index (χ4n) is 3.23. The SMILES string of the molecule is CN(CC(=O)N1CCc2ccccc21)C(CN)C1CC1.Cl. The predicted molar refractivity (Wildman–Crippen MR) is 87.9 cm³/mol. The van der Waals surface area contributed by atoms with Gasteiger partial charge in [0.15, 0.2) is 0 Å². The third-order valence-electron chi connectivity index (χ3n) is 4.55. The summed E-state index contributed by atoms with van der Waals surface area (Å²) >= 11 is 0. The molecule has 0 radical (unpaired) electrons. The van der Waals surface area contributed by atoms with Crippen molar-refractivity contribution in [1.82, 2.24) is 4.90 Å². The van der Waals surface area contributed by atoms with Crippen LogP contribution in [0.15, 0.2) is 24.3 Å². The number of hydrogen-bond donors (Lipinski definition) is 1. The molecular formula is C16H24ClN3O. The zero-order valence-electron chi connectivity index (χ0n) is 12.5. The fourth-order valence-corrected chi connectivity index (χ4v) is 3.23. The Bertz CT molecular complexity index is 504. The van der Waals surface area contributed by atoms with E-state index in [2.05, 4.69) is 11.0 Å². The zero-order valence-corrected chi connectivity index (χ0v) is 13.3. The van der Waals surface area contributed by atoms with E-state index in [4.69, 9.17) is 5.73 Å². The molecule has 0 saturated heterocycles. The van der Waals surface area contributed by atoms with Crippen molar-refractivity contribution in [3.8, 4) is 0 Å². The first kappa shape index (κ1) is 16.3. The Labute approximate surface area is 132 Å². The lowest BCUT2D eigenvalue weighted by Crippen LogP contribution is -2.46. The highest BCUT2D eigenvalue weighted by Gasteiger charge is 2.34. The average Bonchev–Trinajstić information content (AvgIpc) is 3.18. The van der Waals surface area contributed by atoms with Crippen LogP contribution in [0.3, 0.4) is 0 Å². The van der Waals surface area contributed by atoms with Crippen LogP contribution in [0, 0.1) is 5.92 Å². The van der Waals surface area contributed by atoms with Crippen LogP contribution in [-0.2, 0) is 11.2 Å². The molecule has 3 rings (SSSR count). The number of para-hydroxylation sites is 1. The Morgan fingerprint density at radius 3 is 2.81 bits per heavy atom. The lowest BCUT2D eigenvalue weighted by molar-refractivity contribution is -0.119. The third kappa shape index (κ3) is 3.39. The van der Waals surface area contributed by atoms with E-state index < -0.39 is 0 Å². The maximum absolute atomic E-state index is 12.5. The van der Waals surface area contributed by atoms with Gasteiger partial charge in [0.25, 0.3) is 0 Å². The minimum absolute atomic E-state index is 0. The summed E-state index contributed by atoms with van der Waals surface area (Å²) in [6, 6.07) is 8.55. The number of likely N-dealkylation sites (N-methyl/N-ethyl adjacent to an activating group) is 1. The average molecular weight is 310 g/mol. The molecule has 4 nitrogen and oxygen atoms in total. The summed E-state index contributed by atoms with van der Waals surface area (Å²) in [5, 5.41) is 0. The number of hydrogen-bond acceptors (Lipinski definition) is 3. The Kier molecular flexibility index (Phi) is 5.25. The minimum atomic E-state index is 0. The lowest BCUT2D eigenvalue weighted by Gasteiger charge is -2.28. The number of amides is 1. The molecule has 0 aromatic heterocycles. The molecule has 1 heterocycles. The van der Waals surface area contributed by atoms with Gasteiger partial charge in [-0.05, 0) is 43.9 Å². The molecule has 1 aliphatic heterocycles. The van der Waals surface area contributed by atoms with Gasteiger partial charge in [0.2, 0.25) is 5.91 Å². The van der Waals surface area contributed by atoms with E-state index in [-0.39, 0.29) is 18.3 Å². The first-order valence-corrected chi connectivity index (χ1v) is 7.49. The number of halogens is 1. The van der Waals surface area contributed by atoms with Gasteiger partial charge in [-0.1, -0.05) is 18.2 Å².